The zero-order chi connectivity index (χ0) is 24.1. The van der Waals surface area contributed by atoms with Crippen molar-refractivity contribution in [3.05, 3.63) is 76.5 Å². The number of benzene rings is 1. The molecule has 1 aromatic carbocycles. The zero-order valence-corrected chi connectivity index (χ0v) is 20.0. The van der Waals surface area contributed by atoms with Crippen LogP contribution >= 0.6 is 0 Å². The fourth-order valence-corrected chi connectivity index (χ4v) is 4.16. The second kappa shape index (κ2) is 10.7. The smallest absolute Gasteiger partial charge is 0.274 e. The Morgan fingerprint density at radius 1 is 1.18 bits per heavy atom. The maximum absolute atomic E-state index is 15.7. The van der Waals surface area contributed by atoms with Crippen molar-refractivity contribution in [2.24, 2.45) is 7.05 Å². The third kappa shape index (κ3) is 4.89. The number of morpholine rings is 1. The van der Waals surface area contributed by atoms with E-state index in [4.69, 9.17) is 4.74 Å². The Morgan fingerprint density at radius 3 is 2.65 bits per heavy atom. The van der Waals surface area contributed by atoms with E-state index in [1.54, 1.807) is 31.4 Å². The number of fused-ring (bicyclic) bond motifs is 1. The Hall–Kier alpha value is -3.45. The Labute approximate surface area is 199 Å². The van der Waals surface area contributed by atoms with Gasteiger partial charge < -0.3 is 19.5 Å². The number of nitrogens with zero attached hydrogens (tertiary/aromatic N) is 3. The van der Waals surface area contributed by atoms with Gasteiger partial charge in [0.05, 0.1) is 30.6 Å². The fraction of sp³-hybridized carbons (Fsp3) is 0.333. The van der Waals surface area contributed by atoms with Gasteiger partial charge in [-0.2, -0.15) is 0 Å². The molecule has 0 unspecified atom stereocenters. The molecule has 178 valence electrons. The van der Waals surface area contributed by atoms with Crippen LogP contribution in [0.1, 0.15) is 32.3 Å². The molecule has 1 fully saturated rings. The molecule has 0 bridgehead atoms. The van der Waals surface area contributed by atoms with Crippen LogP contribution in [0.25, 0.3) is 16.5 Å². The summed E-state index contributed by atoms with van der Waals surface area (Å²) in [6.07, 6.45) is 9.43. The number of pyridine rings is 2. The highest BCUT2D eigenvalue weighted by Gasteiger charge is 2.16. The number of ether oxygens (including phenoxy) is 1. The number of aryl methyl sites for hydroxylation is 1. The predicted octanol–water partition coefficient (Wildman–Crippen LogP) is 5.41. The highest BCUT2D eigenvalue weighted by molar-refractivity contribution is 5.89. The van der Waals surface area contributed by atoms with Crippen LogP contribution in [0.5, 0.6) is 0 Å². The lowest BCUT2D eigenvalue weighted by molar-refractivity contribution is 0.122. The van der Waals surface area contributed by atoms with Crippen LogP contribution in [0.3, 0.4) is 0 Å². The summed E-state index contributed by atoms with van der Waals surface area (Å²) in [7, 11) is 1.66. The van der Waals surface area contributed by atoms with Gasteiger partial charge >= 0.3 is 0 Å². The van der Waals surface area contributed by atoms with E-state index >= 15 is 4.39 Å². The van der Waals surface area contributed by atoms with Gasteiger partial charge in [0.15, 0.2) is 0 Å². The van der Waals surface area contributed by atoms with Gasteiger partial charge in [0, 0.05) is 31.1 Å². The van der Waals surface area contributed by atoms with E-state index in [0.717, 1.165) is 37.2 Å². The van der Waals surface area contributed by atoms with Crippen molar-refractivity contribution < 1.29 is 9.13 Å². The van der Waals surface area contributed by atoms with E-state index in [-0.39, 0.29) is 17.1 Å². The van der Waals surface area contributed by atoms with Crippen molar-refractivity contribution in [2.75, 3.05) is 36.5 Å². The van der Waals surface area contributed by atoms with Gasteiger partial charge in [-0.1, -0.05) is 32.1 Å². The average Bonchev–Trinajstić information content (AvgIpc) is 2.87. The molecular formula is C27H31FN4O2. The first-order valence-electron chi connectivity index (χ1n) is 11.8. The van der Waals surface area contributed by atoms with Crippen molar-refractivity contribution in [3.63, 3.8) is 0 Å². The first-order chi connectivity index (χ1) is 16.5. The van der Waals surface area contributed by atoms with Crippen LogP contribution in [0, 0.1) is 5.82 Å². The standard InChI is InChI=1S/C27H31FN4O2/c1-4-6-8-19(7-5-2)21-10-11-24-22(26(21)28)17-23(27(33)31(24)3)30-25-12-9-20(18-29-25)32-13-15-34-16-14-32/h6-12,17-18H,4-5,13-16H2,1-3H3,(H,29,30)/b8-6-,19-7-. The minimum Gasteiger partial charge on any atom is -0.378 e. The molecule has 3 aromatic rings. The summed E-state index contributed by atoms with van der Waals surface area (Å²) in [5.41, 5.74) is 2.95. The highest BCUT2D eigenvalue weighted by atomic mass is 19.1. The molecule has 0 saturated carbocycles. The summed E-state index contributed by atoms with van der Waals surface area (Å²) in [4.78, 5) is 19.7. The molecule has 2 aromatic heterocycles. The first kappa shape index (κ1) is 23.7. The molecule has 1 saturated heterocycles. The summed E-state index contributed by atoms with van der Waals surface area (Å²) in [6, 6.07) is 8.93. The molecule has 4 rings (SSSR count). The minimum absolute atomic E-state index is 0.242. The molecule has 0 aliphatic carbocycles. The summed E-state index contributed by atoms with van der Waals surface area (Å²) >= 11 is 0. The average molecular weight is 463 g/mol. The molecule has 0 amide bonds. The molecule has 0 spiro atoms. The van der Waals surface area contributed by atoms with E-state index in [2.05, 4.69) is 15.2 Å². The van der Waals surface area contributed by atoms with Gasteiger partial charge in [-0.3, -0.25) is 4.79 Å². The second-order valence-corrected chi connectivity index (χ2v) is 8.29. The summed E-state index contributed by atoms with van der Waals surface area (Å²) in [6.45, 7) is 7.12. The number of allylic oxidation sites excluding steroid dienone is 4. The number of aromatic nitrogens is 2. The van der Waals surface area contributed by atoms with Crippen LogP contribution in [0.4, 0.5) is 21.6 Å². The maximum Gasteiger partial charge on any atom is 0.274 e. The lowest BCUT2D eigenvalue weighted by Gasteiger charge is -2.28. The van der Waals surface area contributed by atoms with Gasteiger partial charge in [0.2, 0.25) is 0 Å². The Balaban J connectivity index is 1.70. The Bertz CT molecular complexity index is 1270. The molecule has 1 N–H and O–H groups in total. The molecule has 6 nitrogen and oxygen atoms in total. The van der Waals surface area contributed by atoms with E-state index in [0.29, 0.717) is 35.5 Å². The normalized spacial score (nSPS) is 14.8. The molecule has 0 atom stereocenters. The first-order valence-corrected chi connectivity index (χ1v) is 11.8. The molecule has 1 aliphatic rings. The molecule has 0 radical (unpaired) electrons. The van der Waals surface area contributed by atoms with Crippen molar-refractivity contribution in [1.82, 2.24) is 9.55 Å². The highest BCUT2D eigenvalue weighted by Crippen LogP contribution is 2.28. The van der Waals surface area contributed by atoms with Gasteiger partial charge in [0.25, 0.3) is 5.56 Å². The fourth-order valence-electron chi connectivity index (χ4n) is 4.16. The zero-order valence-electron chi connectivity index (χ0n) is 20.0. The van der Waals surface area contributed by atoms with Crippen molar-refractivity contribution in [2.45, 2.75) is 26.7 Å². The molecular weight excluding hydrogens is 431 g/mol. The minimum atomic E-state index is -0.341. The second-order valence-electron chi connectivity index (χ2n) is 8.29. The quantitative estimate of drug-likeness (QED) is 0.476. The Kier molecular flexibility index (Phi) is 7.43. The van der Waals surface area contributed by atoms with Crippen LogP contribution in [-0.2, 0) is 11.8 Å². The monoisotopic (exact) mass is 462 g/mol. The summed E-state index contributed by atoms with van der Waals surface area (Å²) in [5, 5.41) is 3.48. The van der Waals surface area contributed by atoms with E-state index in [1.165, 1.54) is 4.57 Å². The van der Waals surface area contributed by atoms with Gasteiger partial charge in [0.1, 0.15) is 17.3 Å². The number of rotatable bonds is 7. The Morgan fingerprint density at radius 2 is 1.97 bits per heavy atom. The number of hydrogen-bond donors (Lipinski definition) is 1. The van der Waals surface area contributed by atoms with Gasteiger partial charge in [-0.15, -0.1) is 0 Å². The number of anilines is 3. The number of hydrogen-bond acceptors (Lipinski definition) is 5. The van der Waals surface area contributed by atoms with Gasteiger partial charge in [-0.05, 0) is 48.7 Å². The third-order valence-corrected chi connectivity index (χ3v) is 6.00. The van der Waals surface area contributed by atoms with Crippen molar-refractivity contribution in [1.29, 1.82) is 0 Å². The van der Waals surface area contributed by atoms with Crippen molar-refractivity contribution in [3.8, 4) is 0 Å². The van der Waals surface area contributed by atoms with E-state index in [1.807, 2.05) is 44.2 Å². The van der Waals surface area contributed by atoms with Crippen LogP contribution < -0.4 is 15.8 Å². The number of nitrogens with one attached hydrogen (secondary N) is 1. The van der Waals surface area contributed by atoms with Gasteiger partial charge in [-0.25, -0.2) is 9.37 Å². The van der Waals surface area contributed by atoms with E-state index < -0.39 is 0 Å². The predicted molar refractivity (Wildman–Crippen MR) is 137 cm³/mol. The molecule has 7 heteroatoms. The summed E-state index contributed by atoms with van der Waals surface area (Å²) < 4.78 is 22.6. The molecule has 3 heterocycles. The maximum atomic E-state index is 15.7. The largest absolute Gasteiger partial charge is 0.378 e. The third-order valence-electron chi connectivity index (χ3n) is 6.00. The molecule has 34 heavy (non-hydrogen) atoms. The van der Waals surface area contributed by atoms with Crippen LogP contribution in [-0.4, -0.2) is 35.9 Å². The lowest BCUT2D eigenvalue weighted by Crippen LogP contribution is -2.36. The molecule has 1 aliphatic heterocycles. The summed E-state index contributed by atoms with van der Waals surface area (Å²) in [5.74, 6) is 0.190. The van der Waals surface area contributed by atoms with E-state index in [9.17, 15) is 4.79 Å². The van der Waals surface area contributed by atoms with Crippen LogP contribution in [0.15, 0.2) is 59.6 Å². The number of halogens is 1. The topological polar surface area (TPSA) is 59.4 Å². The van der Waals surface area contributed by atoms with Crippen molar-refractivity contribution >= 4 is 33.7 Å². The SMILES string of the molecule is CC/C=C\C(=C\CC)c1ccc2c(cc(Nc3ccc(N4CCOCC4)cn3)c(=O)n2C)c1F. The lowest BCUT2D eigenvalue weighted by atomic mass is 10.00. The van der Waals surface area contributed by atoms with Crippen LogP contribution in [0.2, 0.25) is 0 Å².